The average Bonchev–Trinajstić information content (AvgIpc) is 2.79. The molecule has 1 aromatic heterocycles. The van der Waals surface area contributed by atoms with E-state index in [4.69, 9.17) is 0 Å². The van der Waals surface area contributed by atoms with Gasteiger partial charge >= 0.3 is 0 Å². The highest BCUT2D eigenvalue weighted by Crippen LogP contribution is 2.42. The maximum atomic E-state index is 13.1. The van der Waals surface area contributed by atoms with E-state index in [1.807, 2.05) is 23.1 Å². The number of hydrogen-bond donors (Lipinski definition) is 1. The van der Waals surface area contributed by atoms with Crippen LogP contribution in [-0.2, 0) is 11.2 Å². The Morgan fingerprint density at radius 2 is 1.94 bits per heavy atom. The third-order valence-electron chi connectivity index (χ3n) is 6.82. The van der Waals surface area contributed by atoms with E-state index in [0.717, 1.165) is 43.6 Å². The van der Waals surface area contributed by atoms with E-state index in [2.05, 4.69) is 59.8 Å². The molecule has 2 saturated heterocycles. The van der Waals surface area contributed by atoms with Crippen molar-refractivity contribution in [3.05, 3.63) is 65.5 Å². The van der Waals surface area contributed by atoms with E-state index >= 15 is 0 Å². The van der Waals surface area contributed by atoms with Crippen molar-refractivity contribution in [3.63, 3.8) is 0 Å². The number of aliphatic hydroxyl groups excluding tert-OH is 1. The Balaban J connectivity index is 1.49. The van der Waals surface area contributed by atoms with Crippen LogP contribution >= 0.6 is 0 Å². The molecular weight excluding hydrogens is 410 g/mol. The first-order chi connectivity index (χ1) is 16.1. The van der Waals surface area contributed by atoms with E-state index < -0.39 is 0 Å². The van der Waals surface area contributed by atoms with Gasteiger partial charge in [-0.05, 0) is 55.1 Å². The van der Waals surface area contributed by atoms with Crippen LogP contribution in [0.3, 0.4) is 0 Å². The first kappa shape index (κ1) is 23.5. The lowest BCUT2D eigenvalue weighted by Gasteiger charge is -2.57. The topological polar surface area (TPSA) is 56.7 Å². The molecule has 0 spiro atoms. The molecule has 0 saturated carbocycles. The van der Waals surface area contributed by atoms with Gasteiger partial charge in [0.05, 0.1) is 13.0 Å². The highest BCUT2D eigenvalue weighted by Gasteiger charge is 2.49. The van der Waals surface area contributed by atoms with Crippen LogP contribution in [-0.4, -0.2) is 64.1 Å². The summed E-state index contributed by atoms with van der Waals surface area (Å²) >= 11 is 0. The fourth-order valence-electron chi connectivity index (χ4n) is 5.08. The number of fused-ring (bicyclic) bond motifs is 1. The molecule has 1 aromatic carbocycles. The van der Waals surface area contributed by atoms with Gasteiger partial charge < -0.3 is 10.0 Å². The van der Waals surface area contributed by atoms with Crippen molar-refractivity contribution in [2.75, 3.05) is 26.2 Å². The summed E-state index contributed by atoms with van der Waals surface area (Å²) in [7, 11) is 0. The number of pyridine rings is 1. The van der Waals surface area contributed by atoms with Gasteiger partial charge in [-0.2, -0.15) is 0 Å². The number of aliphatic hydroxyl groups is 1. The fraction of sp³-hybridized carbons (Fsp3) is 0.500. The number of benzene rings is 1. The molecule has 2 aliphatic rings. The molecule has 1 amide bonds. The number of rotatable bonds is 5. The SMILES string of the molecule is CC(C)CC#Cc1ccc([C@@H]2[C@H](CO)N3CCCCN(C(=O)Cc4ccccn4)C[C@@H]23)cc1. The van der Waals surface area contributed by atoms with Crippen molar-refractivity contribution in [3.8, 4) is 11.8 Å². The van der Waals surface area contributed by atoms with E-state index in [1.54, 1.807) is 6.20 Å². The molecule has 0 radical (unpaired) electrons. The second kappa shape index (κ2) is 11.0. The summed E-state index contributed by atoms with van der Waals surface area (Å²) in [5.41, 5.74) is 3.07. The zero-order valence-corrected chi connectivity index (χ0v) is 19.8. The smallest absolute Gasteiger partial charge is 0.228 e. The lowest BCUT2D eigenvalue weighted by Crippen LogP contribution is -2.68. The quantitative estimate of drug-likeness (QED) is 0.716. The molecule has 5 heteroatoms. The normalized spacial score (nSPS) is 23.0. The minimum Gasteiger partial charge on any atom is -0.395 e. The predicted octanol–water partition coefficient (Wildman–Crippen LogP) is 3.47. The highest BCUT2D eigenvalue weighted by atomic mass is 16.3. The zero-order chi connectivity index (χ0) is 23.2. The Bertz CT molecular complexity index is 978. The summed E-state index contributed by atoms with van der Waals surface area (Å²) in [4.78, 5) is 21.8. The summed E-state index contributed by atoms with van der Waals surface area (Å²) in [6, 6.07) is 14.5. The summed E-state index contributed by atoms with van der Waals surface area (Å²) in [6.45, 7) is 6.95. The Morgan fingerprint density at radius 1 is 1.15 bits per heavy atom. The molecule has 33 heavy (non-hydrogen) atoms. The van der Waals surface area contributed by atoms with Crippen LogP contribution in [0.15, 0.2) is 48.7 Å². The van der Waals surface area contributed by atoms with Gasteiger partial charge in [-0.1, -0.05) is 43.9 Å². The van der Waals surface area contributed by atoms with Crippen molar-refractivity contribution in [1.29, 1.82) is 0 Å². The second-order valence-corrected chi connectivity index (χ2v) is 9.65. The molecule has 3 atom stereocenters. The molecule has 3 heterocycles. The van der Waals surface area contributed by atoms with Crippen molar-refractivity contribution >= 4 is 5.91 Å². The van der Waals surface area contributed by atoms with Crippen molar-refractivity contribution in [2.24, 2.45) is 5.92 Å². The lowest BCUT2D eigenvalue weighted by atomic mass is 9.74. The number of nitrogens with zero attached hydrogens (tertiary/aromatic N) is 3. The minimum absolute atomic E-state index is 0.110. The Kier molecular flexibility index (Phi) is 7.80. The monoisotopic (exact) mass is 445 g/mol. The van der Waals surface area contributed by atoms with Gasteiger partial charge in [0.2, 0.25) is 5.91 Å². The Hall–Kier alpha value is -2.68. The van der Waals surface area contributed by atoms with E-state index in [1.165, 1.54) is 5.56 Å². The maximum Gasteiger partial charge on any atom is 0.228 e. The predicted molar refractivity (Wildman–Crippen MR) is 131 cm³/mol. The van der Waals surface area contributed by atoms with Crippen LogP contribution in [0.4, 0.5) is 0 Å². The van der Waals surface area contributed by atoms with Crippen molar-refractivity contribution < 1.29 is 9.90 Å². The third kappa shape index (κ3) is 5.63. The van der Waals surface area contributed by atoms with Gasteiger partial charge in [-0.3, -0.25) is 14.7 Å². The summed E-state index contributed by atoms with van der Waals surface area (Å²) in [5, 5.41) is 10.2. The molecule has 0 unspecified atom stereocenters. The fourth-order valence-corrected chi connectivity index (χ4v) is 5.08. The molecule has 174 valence electrons. The van der Waals surface area contributed by atoms with Crippen LogP contribution < -0.4 is 0 Å². The first-order valence-corrected chi connectivity index (χ1v) is 12.2. The summed E-state index contributed by atoms with van der Waals surface area (Å²) < 4.78 is 0. The van der Waals surface area contributed by atoms with Crippen molar-refractivity contribution in [2.45, 2.75) is 57.5 Å². The van der Waals surface area contributed by atoms with E-state index in [9.17, 15) is 9.90 Å². The molecule has 1 N–H and O–H groups in total. The maximum absolute atomic E-state index is 13.1. The highest BCUT2D eigenvalue weighted by molar-refractivity contribution is 5.78. The minimum atomic E-state index is 0.110. The van der Waals surface area contributed by atoms with Gasteiger partial charge in [0.25, 0.3) is 0 Å². The van der Waals surface area contributed by atoms with Gasteiger partial charge in [-0.25, -0.2) is 0 Å². The number of carbonyl (C=O) groups is 1. The molecule has 0 bridgehead atoms. The third-order valence-corrected chi connectivity index (χ3v) is 6.82. The Morgan fingerprint density at radius 3 is 2.64 bits per heavy atom. The van der Waals surface area contributed by atoms with Gasteiger partial charge in [0, 0.05) is 55.0 Å². The van der Waals surface area contributed by atoms with Crippen LogP contribution in [0.25, 0.3) is 0 Å². The molecule has 2 aromatic rings. The number of aromatic nitrogens is 1. The van der Waals surface area contributed by atoms with Crippen LogP contribution in [0.5, 0.6) is 0 Å². The van der Waals surface area contributed by atoms with Gasteiger partial charge in [0.15, 0.2) is 0 Å². The molecule has 4 rings (SSSR count). The lowest BCUT2D eigenvalue weighted by molar-refractivity contribution is -0.135. The van der Waals surface area contributed by atoms with Gasteiger partial charge in [0.1, 0.15) is 0 Å². The largest absolute Gasteiger partial charge is 0.395 e. The van der Waals surface area contributed by atoms with Crippen LogP contribution in [0.2, 0.25) is 0 Å². The molecule has 2 fully saturated rings. The van der Waals surface area contributed by atoms with E-state index in [0.29, 0.717) is 18.9 Å². The molecule has 0 aliphatic carbocycles. The van der Waals surface area contributed by atoms with E-state index in [-0.39, 0.29) is 30.5 Å². The van der Waals surface area contributed by atoms with Crippen molar-refractivity contribution in [1.82, 2.24) is 14.8 Å². The summed E-state index contributed by atoms with van der Waals surface area (Å²) in [6.07, 6.45) is 5.01. The average molecular weight is 446 g/mol. The first-order valence-electron chi connectivity index (χ1n) is 12.2. The standard InChI is InChI=1S/C28H35N3O2/c1-21(2)8-7-9-22-11-13-23(14-12-22)28-25-19-30(16-5-6-17-31(25)26(28)20-32)27(33)18-24-10-3-4-15-29-24/h3-4,10-15,21,25-26,28,32H,5-6,8,16-20H2,1-2H3/t25-,26-,28-/m0/s1. The van der Waals surface area contributed by atoms with Crippen LogP contribution in [0.1, 0.15) is 55.8 Å². The Labute approximate surface area is 197 Å². The number of hydrogen-bond acceptors (Lipinski definition) is 4. The molecule has 5 nitrogen and oxygen atoms in total. The van der Waals surface area contributed by atoms with Crippen LogP contribution in [0, 0.1) is 17.8 Å². The number of amides is 1. The number of carbonyl (C=O) groups excluding carboxylic acids is 1. The molecule has 2 aliphatic heterocycles. The van der Waals surface area contributed by atoms with Gasteiger partial charge in [-0.15, -0.1) is 0 Å². The summed E-state index contributed by atoms with van der Waals surface area (Å²) in [5.74, 6) is 7.43. The molecular formula is C28H35N3O2. The second-order valence-electron chi connectivity index (χ2n) is 9.65. The zero-order valence-electron chi connectivity index (χ0n) is 19.8.